The summed E-state index contributed by atoms with van der Waals surface area (Å²) < 4.78 is 0. The van der Waals surface area contributed by atoms with Crippen LogP contribution in [0.3, 0.4) is 0 Å². The highest BCUT2D eigenvalue weighted by Crippen LogP contribution is 2.14. The first-order valence-corrected chi connectivity index (χ1v) is 10.7. The Morgan fingerprint density at radius 2 is 0.960 bits per heavy atom. The molecule has 0 N–H and O–H groups in total. The van der Waals surface area contributed by atoms with Gasteiger partial charge in [0.05, 0.1) is 6.67 Å². The van der Waals surface area contributed by atoms with E-state index in [1.807, 2.05) is 9.80 Å². The highest BCUT2D eigenvalue weighted by atomic mass is 16.2. The van der Waals surface area contributed by atoms with E-state index >= 15 is 0 Å². The summed E-state index contributed by atoms with van der Waals surface area (Å²) in [6.07, 6.45) is 15.8. The maximum absolute atomic E-state index is 12.3. The third-order valence-corrected chi connectivity index (χ3v) is 5.18. The van der Waals surface area contributed by atoms with Crippen LogP contribution in [0.1, 0.15) is 104 Å². The van der Waals surface area contributed by atoms with E-state index in [1.54, 1.807) is 0 Å². The van der Waals surface area contributed by atoms with Gasteiger partial charge in [0.1, 0.15) is 0 Å². The largest absolute Gasteiger partial charge is 0.323 e. The quantitative estimate of drug-likeness (QED) is 0.407. The van der Waals surface area contributed by atoms with Crippen LogP contribution < -0.4 is 0 Å². The minimum absolute atomic E-state index is 0.227. The first-order valence-electron chi connectivity index (χ1n) is 10.7. The van der Waals surface area contributed by atoms with E-state index in [-0.39, 0.29) is 11.8 Å². The van der Waals surface area contributed by atoms with Gasteiger partial charge in [-0.25, -0.2) is 0 Å². The number of nitrogens with zero attached hydrogens (tertiary/aromatic N) is 2. The Morgan fingerprint density at radius 1 is 0.600 bits per heavy atom. The Balaban J connectivity index is 2.08. The minimum atomic E-state index is 0.227. The molecular weight excluding hydrogens is 312 g/mol. The highest BCUT2D eigenvalue weighted by molar-refractivity contribution is 5.80. The van der Waals surface area contributed by atoms with Crippen molar-refractivity contribution in [3.8, 4) is 0 Å². The maximum Gasteiger partial charge on any atom is 0.224 e. The zero-order valence-electron chi connectivity index (χ0n) is 16.7. The molecule has 1 saturated heterocycles. The fourth-order valence-electron chi connectivity index (χ4n) is 3.43. The summed E-state index contributed by atoms with van der Waals surface area (Å²) in [5, 5.41) is 0. The van der Waals surface area contributed by atoms with E-state index in [9.17, 15) is 9.59 Å². The summed E-state index contributed by atoms with van der Waals surface area (Å²) >= 11 is 0. The van der Waals surface area contributed by atoms with Crippen molar-refractivity contribution in [2.24, 2.45) is 0 Å². The molecule has 0 aliphatic carbocycles. The van der Waals surface area contributed by atoms with Gasteiger partial charge in [-0.3, -0.25) is 9.59 Å². The predicted octanol–water partition coefficient (Wildman–Crippen LogP) is 5.12. The number of hydrogen-bond acceptors (Lipinski definition) is 2. The molecule has 0 unspecified atom stereocenters. The summed E-state index contributed by atoms with van der Waals surface area (Å²) in [6.45, 7) is 6.39. The van der Waals surface area contributed by atoms with Crippen LogP contribution in [0.4, 0.5) is 0 Å². The monoisotopic (exact) mass is 352 g/mol. The zero-order valence-corrected chi connectivity index (χ0v) is 16.7. The van der Waals surface area contributed by atoms with Crippen LogP contribution in [-0.2, 0) is 9.59 Å². The maximum atomic E-state index is 12.3. The fraction of sp³-hybridized carbons (Fsp3) is 0.905. The van der Waals surface area contributed by atoms with E-state index in [4.69, 9.17) is 0 Å². The minimum Gasteiger partial charge on any atom is -0.323 e. The van der Waals surface area contributed by atoms with Gasteiger partial charge in [-0.1, -0.05) is 78.1 Å². The molecule has 0 saturated carbocycles. The van der Waals surface area contributed by atoms with Crippen LogP contribution >= 0.6 is 0 Å². The molecule has 4 heteroatoms. The summed E-state index contributed by atoms with van der Waals surface area (Å²) in [5.74, 6) is 0.454. The number of rotatable bonds is 14. The Kier molecular flexibility index (Phi) is 12.4. The molecule has 0 aromatic carbocycles. The molecule has 0 atom stereocenters. The molecule has 4 nitrogen and oxygen atoms in total. The van der Waals surface area contributed by atoms with Gasteiger partial charge in [0, 0.05) is 25.9 Å². The lowest BCUT2D eigenvalue weighted by atomic mass is 10.1. The van der Waals surface area contributed by atoms with Crippen molar-refractivity contribution in [2.45, 2.75) is 104 Å². The molecule has 1 heterocycles. The number of carbonyl (C=O) groups is 2. The molecule has 0 aromatic rings. The second-order valence-electron chi connectivity index (χ2n) is 7.49. The lowest BCUT2D eigenvalue weighted by molar-refractivity contribution is -0.134. The molecule has 1 rings (SSSR count). The molecule has 2 amide bonds. The molecule has 1 aliphatic rings. The van der Waals surface area contributed by atoms with Crippen LogP contribution in [0.25, 0.3) is 0 Å². The molecule has 25 heavy (non-hydrogen) atoms. The summed E-state index contributed by atoms with van der Waals surface area (Å²) in [6, 6.07) is 0. The summed E-state index contributed by atoms with van der Waals surface area (Å²) in [5.41, 5.74) is 0. The molecule has 0 radical (unpaired) electrons. The number of hydrogen-bond donors (Lipinski definition) is 0. The Bertz CT molecular complexity index is 337. The van der Waals surface area contributed by atoms with E-state index in [1.165, 1.54) is 51.4 Å². The molecule has 146 valence electrons. The van der Waals surface area contributed by atoms with E-state index in [0.717, 1.165) is 38.8 Å². The third-order valence-electron chi connectivity index (χ3n) is 5.18. The average Bonchev–Trinajstić information content (AvgIpc) is 3.11. The Hall–Kier alpha value is -1.06. The SMILES string of the molecule is CCCCCCCCC(=O)N1CCN(C(=O)CCCCCCCC)C1. The van der Waals surface area contributed by atoms with Gasteiger partial charge < -0.3 is 9.80 Å². The first-order chi connectivity index (χ1) is 12.2. The van der Waals surface area contributed by atoms with Gasteiger partial charge in [-0.05, 0) is 12.8 Å². The normalized spacial score (nSPS) is 14.3. The predicted molar refractivity (Wildman–Crippen MR) is 104 cm³/mol. The van der Waals surface area contributed by atoms with Gasteiger partial charge in [-0.2, -0.15) is 0 Å². The molecule has 1 fully saturated rings. The topological polar surface area (TPSA) is 40.6 Å². The van der Waals surface area contributed by atoms with Crippen molar-refractivity contribution in [2.75, 3.05) is 19.8 Å². The van der Waals surface area contributed by atoms with Crippen molar-refractivity contribution >= 4 is 11.8 Å². The zero-order chi connectivity index (χ0) is 18.3. The summed E-state index contributed by atoms with van der Waals surface area (Å²) in [4.78, 5) is 28.2. The summed E-state index contributed by atoms with van der Waals surface area (Å²) in [7, 11) is 0. The smallest absolute Gasteiger partial charge is 0.224 e. The van der Waals surface area contributed by atoms with Gasteiger partial charge in [0.2, 0.25) is 11.8 Å². The van der Waals surface area contributed by atoms with Crippen molar-refractivity contribution in [3.05, 3.63) is 0 Å². The van der Waals surface area contributed by atoms with Crippen LogP contribution in [0.15, 0.2) is 0 Å². The standard InChI is InChI=1S/C21H40N2O2/c1-3-5-7-9-11-13-15-20(24)22-17-18-23(19-22)21(25)16-14-12-10-8-6-4-2/h3-19H2,1-2H3. The van der Waals surface area contributed by atoms with Crippen LogP contribution in [0.5, 0.6) is 0 Å². The van der Waals surface area contributed by atoms with Crippen LogP contribution in [-0.4, -0.2) is 41.4 Å². The van der Waals surface area contributed by atoms with Crippen molar-refractivity contribution in [3.63, 3.8) is 0 Å². The Morgan fingerprint density at radius 3 is 1.36 bits per heavy atom. The third kappa shape index (κ3) is 9.86. The van der Waals surface area contributed by atoms with Crippen molar-refractivity contribution in [1.82, 2.24) is 9.80 Å². The molecular formula is C21H40N2O2. The van der Waals surface area contributed by atoms with Gasteiger partial charge >= 0.3 is 0 Å². The van der Waals surface area contributed by atoms with Gasteiger partial charge in [0.15, 0.2) is 0 Å². The van der Waals surface area contributed by atoms with Crippen LogP contribution in [0.2, 0.25) is 0 Å². The van der Waals surface area contributed by atoms with Gasteiger partial charge in [0.25, 0.3) is 0 Å². The first kappa shape index (κ1) is 22.0. The van der Waals surface area contributed by atoms with E-state index < -0.39 is 0 Å². The van der Waals surface area contributed by atoms with Gasteiger partial charge in [-0.15, -0.1) is 0 Å². The van der Waals surface area contributed by atoms with Crippen LogP contribution in [0, 0.1) is 0 Å². The Labute approximate surface area is 155 Å². The second-order valence-corrected chi connectivity index (χ2v) is 7.49. The van der Waals surface area contributed by atoms with Crippen molar-refractivity contribution < 1.29 is 9.59 Å². The molecule has 0 spiro atoms. The number of amides is 2. The van der Waals surface area contributed by atoms with E-state index in [2.05, 4.69) is 13.8 Å². The lowest BCUT2D eigenvalue weighted by Gasteiger charge is -2.18. The second kappa shape index (κ2) is 14.1. The fourth-order valence-corrected chi connectivity index (χ4v) is 3.43. The average molecular weight is 353 g/mol. The highest BCUT2D eigenvalue weighted by Gasteiger charge is 2.26. The molecule has 0 aromatic heterocycles. The number of carbonyl (C=O) groups excluding carboxylic acids is 2. The molecule has 0 bridgehead atoms. The van der Waals surface area contributed by atoms with E-state index in [0.29, 0.717) is 19.5 Å². The van der Waals surface area contributed by atoms with Crippen molar-refractivity contribution in [1.29, 1.82) is 0 Å². The number of unbranched alkanes of at least 4 members (excludes halogenated alkanes) is 10. The molecule has 1 aliphatic heterocycles. The lowest BCUT2D eigenvalue weighted by Crippen LogP contribution is -2.33.